The Kier molecular flexibility index (Phi) is 5.74. The van der Waals surface area contributed by atoms with Crippen LogP contribution in [0.5, 0.6) is 0 Å². The maximum Gasteiger partial charge on any atom is 0.214 e. The minimum atomic E-state index is -3.11. The van der Waals surface area contributed by atoms with E-state index >= 15 is 0 Å². The molecule has 0 saturated carbocycles. The van der Waals surface area contributed by atoms with E-state index in [1.165, 1.54) is 15.4 Å². The number of hydrogen-bond donors (Lipinski definition) is 1. The average molecular weight is 298 g/mol. The van der Waals surface area contributed by atoms with Gasteiger partial charge in [0.05, 0.1) is 5.75 Å². The van der Waals surface area contributed by atoms with Crippen LogP contribution in [0.15, 0.2) is 24.3 Å². The summed E-state index contributed by atoms with van der Waals surface area (Å²) < 4.78 is 24.4. The van der Waals surface area contributed by atoms with Crippen LogP contribution in [0, 0.1) is 0 Å². The van der Waals surface area contributed by atoms with E-state index in [2.05, 4.69) is 50.4 Å². The maximum absolute atomic E-state index is 11.6. The van der Waals surface area contributed by atoms with E-state index in [1.807, 2.05) is 0 Å². The van der Waals surface area contributed by atoms with E-state index in [4.69, 9.17) is 0 Å². The van der Waals surface area contributed by atoms with Gasteiger partial charge in [0.25, 0.3) is 0 Å². The largest absolute Gasteiger partial charge is 0.312 e. The van der Waals surface area contributed by atoms with Crippen LogP contribution in [0.1, 0.15) is 31.9 Å². The first-order valence-electron chi connectivity index (χ1n) is 6.83. The molecule has 1 aromatic carbocycles. The normalized spacial score (nSPS) is 12.9. The third kappa shape index (κ3) is 5.23. The molecule has 0 aliphatic heterocycles. The van der Waals surface area contributed by atoms with Gasteiger partial charge in [-0.15, -0.1) is 0 Å². The van der Waals surface area contributed by atoms with Crippen molar-refractivity contribution < 1.29 is 8.42 Å². The van der Waals surface area contributed by atoms with Gasteiger partial charge in [0.2, 0.25) is 10.0 Å². The van der Waals surface area contributed by atoms with E-state index in [0.717, 1.165) is 0 Å². The van der Waals surface area contributed by atoms with Gasteiger partial charge in [0, 0.05) is 27.2 Å². The highest BCUT2D eigenvalue weighted by molar-refractivity contribution is 7.89. The minimum Gasteiger partial charge on any atom is -0.312 e. The fourth-order valence-electron chi connectivity index (χ4n) is 1.74. The van der Waals surface area contributed by atoms with E-state index in [0.29, 0.717) is 13.1 Å². The van der Waals surface area contributed by atoms with Gasteiger partial charge in [-0.2, -0.15) is 0 Å². The maximum atomic E-state index is 11.6. The van der Waals surface area contributed by atoms with Crippen LogP contribution < -0.4 is 5.32 Å². The lowest BCUT2D eigenvalue weighted by Gasteiger charge is -2.19. The smallest absolute Gasteiger partial charge is 0.214 e. The van der Waals surface area contributed by atoms with Crippen molar-refractivity contribution in [2.45, 2.75) is 32.7 Å². The molecule has 5 heteroatoms. The summed E-state index contributed by atoms with van der Waals surface area (Å²) >= 11 is 0. The van der Waals surface area contributed by atoms with E-state index in [-0.39, 0.29) is 11.2 Å². The van der Waals surface area contributed by atoms with Crippen LogP contribution >= 0.6 is 0 Å². The van der Waals surface area contributed by atoms with E-state index < -0.39 is 10.0 Å². The number of nitrogens with zero attached hydrogens (tertiary/aromatic N) is 1. The van der Waals surface area contributed by atoms with Crippen molar-refractivity contribution in [1.82, 2.24) is 9.62 Å². The molecule has 0 bridgehead atoms. The topological polar surface area (TPSA) is 49.4 Å². The first-order chi connectivity index (χ1) is 9.13. The summed E-state index contributed by atoms with van der Waals surface area (Å²) in [5, 5.41) is 3.17. The lowest BCUT2D eigenvalue weighted by atomic mass is 9.87. The van der Waals surface area contributed by atoms with Gasteiger partial charge in [-0.1, -0.05) is 45.0 Å². The molecule has 0 spiro atoms. The molecule has 4 nitrogen and oxygen atoms in total. The Bertz CT molecular complexity index is 514. The molecule has 20 heavy (non-hydrogen) atoms. The Morgan fingerprint density at radius 1 is 1.10 bits per heavy atom. The highest BCUT2D eigenvalue weighted by Crippen LogP contribution is 2.22. The molecule has 0 heterocycles. The predicted octanol–water partition coefficient (Wildman–Crippen LogP) is 1.97. The summed E-state index contributed by atoms with van der Waals surface area (Å²) in [5.41, 5.74) is 2.63. The third-order valence-corrected chi connectivity index (χ3v) is 5.07. The zero-order valence-electron chi connectivity index (χ0n) is 13.1. The fraction of sp³-hybridized carbons (Fsp3) is 0.600. The molecule has 1 aromatic rings. The Labute approximate surface area is 123 Å². The number of rotatable bonds is 6. The van der Waals surface area contributed by atoms with Gasteiger partial charge in [-0.25, -0.2) is 12.7 Å². The van der Waals surface area contributed by atoms with Crippen molar-refractivity contribution in [3.8, 4) is 0 Å². The first-order valence-corrected chi connectivity index (χ1v) is 8.44. The highest BCUT2D eigenvalue weighted by atomic mass is 32.2. The summed E-state index contributed by atoms with van der Waals surface area (Å²) in [6.07, 6.45) is 0. The summed E-state index contributed by atoms with van der Waals surface area (Å²) in [6, 6.07) is 8.45. The minimum absolute atomic E-state index is 0.125. The fourth-order valence-corrected chi connectivity index (χ4v) is 2.51. The van der Waals surface area contributed by atoms with E-state index in [9.17, 15) is 8.42 Å². The van der Waals surface area contributed by atoms with Crippen molar-refractivity contribution >= 4 is 10.0 Å². The zero-order valence-corrected chi connectivity index (χ0v) is 13.9. The van der Waals surface area contributed by atoms with Gasteiger partial charge < -0.3 is 5.32 Å². The van der Waals surface area contributed by atoms with Crippen molar-refractivity contribution in [1.29, 1.82) is 0 Å². The average Bonchev–Trinajstić information content (AvgIpc) is 2.34. The highest BCUT2D eigenvalue weighted by Gasteiger charge is 2.13. The second-order valence-electron chi connectivity index (χ2n) is 6.22. The second kappa shape index (κ2) is 6.70. The second-order valence-corrected chi connectivity index (χ2v) is 8.52. The quantitative estimate of drug-likeness (QED) is 0.817. The molecular weight excluding hydrogens is 272 g/mol. The molecule has 0 aromatic heterocycles. The van der Waals surface area contributed by atoms with Crippen LogP contribution in [0.25, 0.3) is 0 Å². The van der Waals surface area contributed by atoms with Crippen LogP contribution in [-0.2, 0) is 22.0 Å². The molecule has 0 unspecified atom stereocenters. The Hall–Kier alpha value is -0.910. The summed E-state index contributed by atoms with van der Waals surface area (Å²) in [4.78, 5) is 0. The SMILES string of the molecule is CN(C)S(=O)(=O)CCNCc1ccc(C(C)(C)C)cc1. The number of hydrogen-bond acceptors (Lipinski definition) is 3. The summed E-state index contributed by atoms with van der Waals surface area (Å²) in [5.74, 6) is 0.125. The van der Waals surface area contributed by atoms with Crippen LogP contribution in [0.2, 0.25) is 0 Å². The molecule has 0 atom stereocenters. The Balaban J connectivity index is 2.44. The molecule has 1 rings (SSSR count). The monoisotopic (exact) mass is 298 g/mol. The van der Waals surface area contributed by atoms with Crippen molar-refractivity contribution in [2.24, 2.45) is 0 Å². The molecule has 0 amide bonds. The lowest BCUT2D eigenvalue weighted by Crippen LogP contribution is -2.31. The van der Waals surface area contributed by atoms with E-state index in [1.54, 1.807) is 14.1 Å². The van der Waals surface area contributed by atoms with Gasteiger partial charge in [-0.05, 0) is 16.5 Å². The molecule has 0 radical (unpaired) electrons. The Morgan fingerprint density at radius 3 is 2.10 bits per heavy atom. The van der Waals surface area contributed by atoms with Crippen molar-refractivity contribution in [2.75, 3.05) is 26.4 Å². The standard InChI is InChI=1S/C15H26N2O2S/c1-15(2,3)14-8-6-13(7-9-14)12-16-10-11-20(18,19)17(4)5/h6-9,16H,10-12H2,1-5H3. The summed E-state index contributed by atoms with van der Waals surface area (Å²) in [6.45, 7) is 7.71. The van der Waals surface area contributed by atoms with Crippen molar-refractivity contribution in [3.63, 3.8) is 0 Å². The third-order valence-electron chi connectivity index (χ3n) is 3.24. The predicted molar refractivity (Wildman–Crippen MR) is 84.3 cm³/mol. The van der Waals surface area contributed by atoms with Gasteiger partial charge in [0.15, 0.2) is 0 Å². The van der Waals surface area contributed by atoms with Gasteiger partial charge in [-0.3, -0.25) is 0 Å². The molecule has 0 aliphatic rings. The van der Waals surface area contributed by atoms with Gasteiger partial charge >= 0.3 is 0 Å². The van der Waals surface area contributed by atoms with Crippen LogP contribution in [-0.4, -0.2) is 39.1 Å². The molecule has 0 aliphatic carbocycles. The number of sulfonamides is 1. The molecule has 114 valence electrons. The number of benzene rings is 1. The van der Waals surface area contributed by atoms with Crippen LogP contribution in [0.4, 0.5) is 0 Å². The lowest BCUT2D eigenvalue weighted by molar-refractivity contribution is 0.517. The number of nitrogens with one attached hydrogen (secondary N) is 1. The van der Waals surface area contributed by atoms with Crippen LogP contribution in [0.3, 0.4) is 0 Å². The Morgan fingerprint density at radius 2 is 1.65 bits per heavy atom. The molecule has 0 saturated heterocycles. The molecule has 1 N–H and O–H groups in total. The zero-order chi connectivity index (χ0) is 15.4. The molecule has 0 fully saturated rings. The van der Waals surface area contributed by atoms with Crippen molar-refractivity contribution in [3.05, 3.63) is 35.4 Å². The van der Waals surface area contributed by atoms with Gasteiger partial charge in [0.1, 0.15) is 0 Å². The first kappa shape index (κ1) is 17.1. The summed E-state index contributed by atoms with van der Waals surface area (Å²) in [7, 11) is 0.00434. The molecular formula is C15H26N2O2S.